The lowest BCUT2D eigenvalue weighted by atomic mass is 9.87. The lowest BCUT2D eigenvalue weighted by Crippen LogP contribution is -2.61. The van der Waals surface area contributed by atoms with E-state index in [1.54, 1.807) is 0 Å². The van der Waals surface area contributed by atoms with E-state index < -0.39 is 5.60 Å². The molecule has 0 radical (unpaired) electrons. The molecular weight excluding hydrogens is 336 g/mol. The summed E-state index contributed by atoms with van der Waals surface area (Å²) in [5.41, 5.74) is 1.58. The van der Waals surface area contributed by atoms with Crippen molar-refractivity contribution in [3.63, 3.8) is 0 Å². The molecule has 0 bridgehead atoms. The number of carbonyl (C=O) groups is 1. The van der Waals surface area contributed by atoms with Crippen molar-refractivity contribution >= 4 is 12.0 Å². The number of carbonyl (C=O) groups excluding carboxylic acids is 1. The Hall–Kier alpha value is -2.17. The monoisotopic (exact) mass is 366 g/mol. The maximum absolute atomic E-state index is 11.3. The van der Waals surface area contributed by atoms with Crippen LogP contribution in [0.25, 0.3) is 0 Å². The van der Waals surface area contributed by atoms with E-state index in [9.17, 15) is 9.90 Å². The molecule has 4 nitrogen and oxygen atoms in total. The van der Waals surface area contributed by atoms with E-state index >= 15 is 0 Å². The number of likely N-dealkylation sites (tertiary alicyclic amines) is 1. The normalized spacial score (nSPS) is 23.1. The molecule has 0 aromatic heterocycles. The number of β-amino-alcohol motifs (C(OH)–C–C–N with tert-alkyl or cyclic N) is 1. The van der Waals surface area contributed by atoms with Crippen LogP contribution in [0.15, 0.2) is 60.7 Å². The van der Waals surface area contributed by atoms with Gasteiger partial charge in [-0.15, -0.1) is 0 Å². The van der Waals surface area contributed by atoms with Crippen molar-refractivity contribution in [3.05, 3.63) is 66.2 Å². The third-order valence-electron chi connectivity index (χ3n) is 5.49. The summed E-state index contributed by atoms with van der Waals surface area (Å²) in [6, 6.07) is 20.6. The molecule has 144 valence electrons. The van der Waals surface area contributed by atoms with Crippen LogP contribution < -0.4 is 4.90 Å². The number of piperidine rings is 1. The van der Waals surface area contributed by atoms with Gasteiger partial charge in [0.05, 0.1) is 11.6 Å². The van der Waals surface area contributed by atoms with Crippen molar-refractivity contribution < 1.29 is 9.90 Å². The molecule has 1 heterocycles. The topological polar surface area (TPSA) is 43.8 Å². The van der Waals surface area contributed by atoms with Crippen molar-refractivity contribution in [2.75, 3.05) is 31.1 Å². The summed E-state index contributed by atoms with van der Waals surface area (Å²) in [7, 11) is 0. The van der Waals surface area contributed by atoms with E-state index in [1.165, 1.54) is 5.56 Å². The van der Waals surface area contributed by atoms with E-state index in [0.717, 1.165) is 37.9 Å². The summed E-state index contributed by atoms with van der Waals surface area (Å²) >= 11 is 0. The van der Waals surface area contributed by atoms with E-state index in [-0.39, 0.29) is 6.04 Å². The second-order valence-electron chi connectivity index (χ2n) is 7.66. The number of hydrogen-bond donors (Lipinski definition) is 1. The minimum absolute atomic E-state index is 0.00725. The molecule has 4 heteroatoms. The first-order valence-corrected chi connectivity index (χ1v) is 9.84. The molecule has 27 heavy (non-hydrogen) atoms. The highest BCUT2D eigenvalue weighted by Gasteiger charge is 2.41. The van der Waals surface area contributed by atoms with Gasteiger partial charge in [-0.1, -0.05) is 48.5 Å². The summed E-state index contributed by atoms with van der Waals surface area (Å²) < 4.78 is 0. The van der Waals surface area contributed by atoms with Gasteiger partial charge in [0.15, 0.2) is 0 Å². The molecule has 2 aromatic carbocycles. The zero-order valence-electron chi connectivity index (χ0n) is 16.1. The third-order valence-corrected chi connectivity index (χ3v) is 5.49. The Morgan fingerprint density at radius 2 is 1.81 bits per heavy atom. The summed E-state index contributed by atoms with van der Waals surface area (Å²) in [6.07, 6.45) is 3.31. The predicted molar refractivity (Wildman–Crippen MR) is 110 cm³/mol. The highest BCUT2D eigenvalue weighted by molar-refractivity contribution is 5.54. The highest BCUT2D eigenvalue weighted by Crippen LogP contribution is 2.30. The number of aldehydes is 1. The molecule has 0 aliphatic carbocycles. The van der Waals surface area contributed by atoms with Gasteiger partial charge in [-0.05, 0) is 37.5 Å². The van der Waals surface area contributed by atoms with Gasteiger partial charge in [-0.2, -0.15) is 0 Å². The van der Waals surface area contributed by atoms with Crippen molar-refractivity contribution in [1.82, 2.24) is 4.90 Å². The Bertz CT molecular complexity index is 703. The third kappa shape index (κ3) is 5.18. The molecule has 3 rings (SSSR count). The quantitative estimate of drug-likeness (QED) is 0.729. The molecular formula is C23H30N2O2. The average molecular weight is 367 g/mol. The van der Waals surface area contributed by atoms with Crippen LogP contribution in [0, 0.1) is 0 Å². The van der Waals surface area contributed by atoms with Gasteiger partial charge >= 0.3 is 0 Å². The van der Waals surface area contributed by atoms with Crippen molar-refractivity contribution in [1.29, 1.82) is 0 Å². The smallest absolute Gasteiger partial charge is 0.121 e. The number of rotatable bonds is 8. The Kier molecular flexibility index (Phi) is 6.64. The van der Waals surface area contributed by atoms with E-state index in [1.807, 2.05) is 31.2 Å². The number of benzene rings is 2. The van der Waals surface area contributed by atoms with Crippen LogP contribution in [-0.2, 0) is 11.2 Å². The zero-order chi connectivity index (χ0) is 19.1. The summed E-state index contributed by atoms with van der Waals surface area (Å²) in [4.78, 5) is 15.5. The maximum Gasteiger partial charge on any atom is 0.121 e. The standard InChI is InChI=1S/C23H30N2O2/c1-23(27)19-24(16-13-20-9-4-2-5-10-20)17-14-22(23)25(15-8-18-26)21-11-6-3-7-12-21/h2-7,9-12,18,22,27H,8,13-17,19H2,1H3. The van der Waals surface area contributed by atoms with Crippen LogP contribution in [0.4, 0.5) is 5.69 Å². The second-order valence-corrected chi connectivity index (χ2v) is 7.66. The molecule has 1 saturated heterocycles. The van der Waals surface area contributed by atoms with Crippen molar-refractivity contribution in [2.24, 2.45) is 0 Å². The number of anilines is 1. The van der Waals surface area contributed by atoms with Crippen LogP contribution in [-0.4, -0.2) is 54.1 Å². The van der Waals surface area contributed by atoms with E-state index in [2.05, 4.69) is 46.2 Å². The molecule has 0 spiro atoms. The summed E-state index contributed by atoms with van der Waals surface area (Å²) in [5, 5.41) is 11.3. The van der Waals surface area contributed by atoms with E-state index in [4.69, 9.17) is 0 Å². The molecule has 1 N–H and O–H groups in total. The summed E-state index contributed by atoms with van der Waals surface area (Å²) in [5.74, 6) is 0. The lowest BCUT2D eigenvalue weighted by Gasteiger charge is -2.48. The van der Waals surface area contributed by atoms with Crippen molar-refractivity contribution in [2.45, 2.75) is 37.8 Å². The first-order valence-electron chi connectivity index (χ1n) is 9.84. The molecule has 1 aliphatic heterocycles. The second kappa shape index (κ2) is 9.16. The Morgan fingerprint density at radius 3 is 2.44 bits per heavy atom. The van der Waals surface area contributed by atoms with Gasteiger partial charge in [-0.25, -0.2) is 0 Å². The van der Waals surface area contributed by atoms with Crippen LogP contribution >= 0.6 is 0 Å². The predicted octanol–water partition coefficient (Wildman–Crippen LogP) is 3.15. The number of nitrogens with zero attached hydrogens (tertiary/aromatic N) is 2. The molecule has 1 fully saturated rings. The summed E-state index contributed by atoms with van der Waals surface area (Å²) in [6.45, 7) is 5.13. The van der Waals surface area contributed by atoms with Gasteiger partial charge in [0, 0.05) is 38.3 Å². The first kappa shape index (κ1) is 19.6. The van der Waals surface area contributed by atoms with Crippen LogP contribution in [0.3, 0.4) is 0 Å². The van der Waals surface area contributed by atoms with E-state index in [0.29, 0.717) is 19.5 Å². The Balaban J connectivity index is 1.67. The van der Waals surface area contributed by atoms with Gasteiger partial charge in [0.2, 0.25) is 0 Å². The first-order chi connectivity index (χ1) is 13.1. The average Bonchev–Trinajstić information content (AvgIpc) is 2.69. The lowest BCUT2D eigenvalue weighted by molar-refractivity contribution is -0.107. The van der Waals surface area contributed by atoms with Crippen LogP contribution in [0.1, 0.15) is 25.3 Å². The Morgan fingerprint density at radius 1 is 1.15 bits per heavy atom. The van der Waals surface area contributed by atoms with Crippen LogP contribution in [0.5, 0.6) is 0 Å². The minimum atomic E-state index is -0.826. The van der Waals surface area contributed by atoms with Gasteiger partial charge in [0.1, 0.15) is 6.29 Å². The van der Waals surface area contributed by atoms with Crippen molar-refractivity contribution in [3.8, 4) is 0 Å². The molecule has 0 saturated carbocycles. The minimum Gasteiger partial charge on any atom is -0.387 e. The number of para-hydroxylation sites is 1. The van der Waals surface area contributed by atoms with Crippen LogP contribution in [0.2, 0.25) is 0 Å². The molecule has 1 aliphatic rings. The molecule has 2 atom stereocenters. The largest absolute Gasteiger partial charge is 0.387 e. The Labute approximate surface area is 162 Å². The zero-order valence-corrected chi connectivity index (χ0v) is 16.1. The maximum atomic E-state index is 11.3. The fourth-order valence-electron chi connectivity index (χ4n) is 4.14. The fourth-order valence-corrected chi connectivity index (χ4v) is 4.14. The molecule has 2 aromatic rings. The fraction of sp³-hybridized carbons (Fsp3) is 0.435. The highest BCUT2D eigenvalue weighted by atomic mass is 16.3. The SMILES string of the molecule is CC1(O)CN(CCc2ccccc2)CCC1N(CCC=O)c1ccccc1. The molecule has 0 amide bonds. The number of hydrogen-bond acceptors (Lipinski definition) is 4. The van der Waals surface area contributed by atoms with Gasteiger partial charge < -0.3 is 14.8 Å². The molecule has 2 unspecified atom stereocenters. The number of aliphatic hydroxyl groups is 1. The van der Waals surface area contributed by atoms with Gasteiger partial charge in [-0.3, -0.25) is 4.90 Å². The van der Waals surface area contributed by atoms with Gasteiger partial charge in [0.25, 0.3) is 0 Å².